The maximum absolute atomic E-state index is 13.0. The van der Waals surface area contributed by atoms with Crippen molar-refractivity contribution in [1.29, 1.82) is 0 Å². The molecule has 0 spiro atoms. The van der Waals surface area contributed by atoms with Gasteiger partial charge < -0.3 is 10.1 Å². The van der Waals surface area contributed by atoms with Crippen LogP contribution in [0.5, 0.6) is 11.8 Å². The van der Waals surface area contributed by atoms with Gasteiger partial charge in [0.25, 0.3) is 0 Å². The Hall–Kier alpha value is -1.72. The summed E-state index contributed by atoms with van der Waals surface area (Å²) in [4.78, 5) is 8.23. The highest BCUT2D eigenvalue weighted by atomic mass is 35.5. The fourth-order valence-electron chi connectivity index (χ4n) is 1.68. The zero-order valence-corrected chi connectivity index (χ0v) is 11.4. The molecule has 4 nitrogen and oxygen atoms in total. The molecule has 0 aliphatic heterocycles. The first-order chi connectivity index (χ1) is 9.70. The number of halogens is 2. The lowest BCUT2D eigenvalue weighted by Gasteiger charge is -2.06. The molecular formula is C14H13ClFN3O. The van der Waals surface area contributed by atoms with Crippen molar-refractivity contribution < 1.29 is 9.13 Å². The Bertz CT molecular complexity index is 602. The molecule has 1 N–H and O–H groups in total. The lowest BCUT2D eigenvalue weighted by molar-refractivity contribution is 0.439. The molecule has 1 aromatic heterocycles. The second kappa shape index (κ2) is 5.73. The summed E-state index contributed by atoms with van der Waals surface area (Å²) < 4.78 is 18.4. The van der Waals surface area contributed by atoms with Crippen molar-refractivity contribution in [2.75, 3.05) is 0 Å². The number of rotatable bonds is 5. The fourth-order valence-corrected chi connectivity index (χ4v) is 1.85. The topological polar surface area (TPSA) is 47.0 Å². The highest BCUT2D eigenvalue weighted by Crippen LogP contribution is 2.24. The van der Waals surface area contributed by atoms with Gasteiger partial charge in [0.05, 0.1) is 5.02 Å². The zero-order valence-electron chi connectivity index (χ0n) is 10.6. The van der Waals surface area contributed by atoms with Crippen LogP contribution in [0.4, 0.5) is 4.39 Å². The molecule has 0 amide bonds. The standard InChI is InChI=1S/C14H13ClFN3O/c15-12-5-11(3-4-13(12)16)20-14-18-7-9(8-19-14)6-17-10-1-2-10/h3-5,7-8,10,17H,1-2,6H2. The van der Waals surface area contributed by atoms with Crippen molar-refractivity contribution in [2.45, 2.75) is 25.4 Å². The number of nitrogens with one attached hydrogen (secondary N) is 1. The summed E-state index contributed by atoms with van der Waals surface area (Å²) in [6, 6.07) is 4.97. The van der Waals surface area contributed by atoms with Crippen molar-refractivity contribution in [1.82, 2.24) is 15.3 Å². The first kappa shape index (κ1) is 13.3. The van der Waals surface area contributed by atoms with Crippen LogP contribution in [-0.4, -0.2) is 16.0 Å². The van der Waals surface area contributed by atoms with Crippen molar-refractivity contribution in [3.63, 3.8) is 0 Å². The Balaban J connectivity index is 1.62. The number of hydrogen-bond donors (Lipinski definition) is 1. The van der Waals surface area contributed by atoms with E-state index in [0.29, 0.717) is 11.8 Å². The van der Waals surface area contributed by atoms with E-state index in [1.54, 1.807) is 12.4 Å². The van der Waals surface area contributed by atoms with Crippen molar-refractivity contribution >= 4 is 11.6 Å². The minimum atomic E-state index is -0.485. The first-order valence-electron chi connectivity index (χ1n) is 6.38. The summed E-state index contributed by atoms with van der Waals surface area (Å²) in [5.74, 6) is -0.0818. The second-order valence-electron chi connectivity index (χ2n) is 4.71. The molecule has 20 heavy (non-hydrogen) atoms. The maximum Gasteiger partial charge on any atom is 0.321 e. The minimum Gasteiger partial charge on any atom is -0.424 e. The van der Waals surface area contributed by atoms with Gasteiger partial charge in [-0.05, 0) is 25.0 Å². The Kier molecular flexibility index (Phi) is 3.80. The maximum atomic E-state index is 13.0. The van der Waals surface area contributed by atoms with Crippen molar-refractivity contribution in [2.24, 2.45) is 0 Å². The van der Waals surface area contributed by atoms with Gasteiger partial charge in [0.1, 0.15) is 11.6 Å². The van der Waals surface area contributed by atoms with E-state index in [9.17, 15) is 4.39 Å². The minimum absolute atomic E-state index is 0.00718. The van der Waals surface area contributed by atoms with Crippen LogP contribution in [0.2, 0.25) is 5.02 Å². The summed E-state index contributed by atoms with van der Waals surface area (Å²) in [5, 5.41) is 3.38. The van der Waals surface area contributed by atoms with Gasteiger partial charge in [0, 0.05) is 36.6 Å². The number of aromatic nitrogens is 2. The summed E-state index contributed by atoms with van der Waals surface area (Å²) in [7, 11) is 0. The molecule has 1 saturated carbocycles. The van der Waals surface area contributed by atoms with Gasteiger partial charge in [-0.25, -0.2) is 14.4 Å². The van der Waals surface area contributed by atoms with Crippen LogP contribution in [0.25, 0.3) is 0 Å². The molecule has 6 heteroatoms. The van der Waals surface area contributed by atoms with Crippen LogP contribution in [0.3, 0.4) is 0 Å². The molecule has 0 radical (unpaired) electrons. The number of benzene rings is 1. The van der Waals surface area contributed by atoms with E-state index in [4.69, 9.17) is 16.3 Å². The van der Waals surface area contributed by atoms with Gasteiger partial charge >= 0.3 is 6.01 Å². The summed E-state index contributed by atoms with van der Waals surface area (Å²) in [5.41, 5.74) is 1.00. The van der Waals surface area contributed by atoms with Crippen molar-refractivity contribution in [3.8, 4) is 11.8 Å². The third kappa shape index (κ3) is 3.43. The largest absolute Gasteiger partial charge is 0.424 e. The molecule has 1 fully saturated rings. The van der Waals surface area contributed by atoms with E-state index in [1.165, 1.54) is 31.0 Å². The van der Waals surface area contributed by atoms with Crippen LogP contribution >= 0.6 is 11.6 Å². The summed E-state index contributed by atoms with van der Waals surface area (Å²) >= 11 is 5.68. The van der Waals surface area contributed by atoms with E-state index >= 15 is 0 Å². The van der Waals surface area contributed by atoms with Gasteiger partial charge in [0.15, 0.2) is 0 Å². The molecule has 2 aromatic rings. The molecule has 1 aromatic carbocycles. The quantitative estimate of drug-likeness (QED) is 0.919. The molecule has 1 aliphatic rings. The fraction of sp³-hybridized carbons (Fsp3) is 0.286. The van der Waals surface area contributed by atoms with Gasteiger partial charge in [0.2, 0.25) is 0 Å². The average Bonchev–Trinajstić information content (AvgIpc) is 3.26. The Morgan fingerprint density at radius 1 is 1.30 bits per heavy atom. The van der Waals surface area contributed by atoms with E-state index in [-0.39, 0.29) is 11.0 Å². The van der Waals surface area contributed by atoms with Crippen LogP contribution in [-0.2, 0) is 6.54 Å². The molecule has 1 aliphatic carbocycles. The zero-order chi connectivity index (χ0) is 13.9. The first-order valence-corrected chi connectivity index (χ1v) is 6.76. The molecule has 0 unspecified atom stereocenters. The van der Waals surface area contributed by atoms with Crippen LogP contribution in [0.15, 0.2) is 30.6 Å². The molecule has 0 bridgehead atoms. The van der Waals surface area contributed by atoms with E-state index < -0.39 is 5.82 Å². The highest BCUT2D eigenvalue weighted by Gasteiger charge is 2.19. The molecule has 0 saturated heterocycles. The lowest BCUT2D eigenvalue weighted by Crippen LogP contribution is -2.15. The Morgan fingerprint density at radius 3 is 2.70 bits per heavy atom. The Morgan fingerprint density at radius 2 is 2.05 bits per heavy atom. The molecule has 1 heterocycles. The molecule has 104 valence electrons. The second-order valence-corrected chi connectivity index (χ2v) is 5.11. The van der Waals surface area contributed by atoms with E-state index in [0.717, 1.165) is 12.1 Å². The van der Waals surface area contributed by atoms with E-state index in [2.05, 4.69) is 15.3 Å². The van der Waals surface area contributed by atoms with Gasteiger partial charge in [-0.1, -0.05) is 11.6 Å². The predicted molar refractivity (Wildman–Crippen MR) is 73.4 cm³/mol. The lowest BCUT2D eigenvalue weighted by atomic mass is 10.3. The predicted octanol–water partition coefficient (Wildman–Crippen LogP) is 3.31. The Labute approximate surface area is 121 Å². The number of ether oxygens (including phenoxy) is 1. The monoisotopic (exact) mass is 293 g/mol. The summed E-state index contributed by atoms with van der Waals surface area (Å²) in [6.45, 7) is 0.757. The van der Waals surface area contributed by atoms with Crippen LogP contribution in [0, 0.1) is 5.82 Å². The van der Waals surface area contributed by atoms with Gasteiger partial charge in [-0.2, -0.15) is 0 Å². The SMILES string of the molecule is Fc1ccc(Oc2ncc(CNC3CC3)cn2)cc1Cl. The van der Waals surface area contributed by atoms with Gasteiger partial charge in [-0.3, -0.25) is 0 Å². The van der Waals surface area contributed by atoms with Crippen molar-refractivity contribution in [3.05, 3.63) is 47.0 Å². The summed E-state index contributed by atoms with van der Waals surface area (Å²) in [6.07, 6.45) is 5.91. The van der Waals surface area contributed by atoms with E-state index in [1.807, 2.05) is 0 Å². The smallest absolute Gasteiger partial charge is 0.321 e. The average molecular weight is 294 g/mol. The number of hydrogen-bond acceptors (Lipinski definition) is 4. The van der Waals surface area contributed by atoms with Gasteiger partial charge in [-0.15, -0.1) is 0 Å². The van der Waals surface area contributed by atoms with Crippen LogP contribution in [0.1, 0.15) is 18.4 Å². The third-order valence-electron chi connectivity index (χ3n) is 2.95. The molecule has 3 rings (SSSR count). The third-order valence-corrected chi connectivity index (χ3v) is 3.24. The normalized spacial score (nSPS) is 14.3. The highest BCUT2D eigenvalue weighted by molar-refractivity contribution is 6.30. The van der Waals surface area contributed by atoms with Crippen LogP contribution < -0.4 is 10.1 Å². The number of nitrogens with zero attached hydrogens (tertiary/aromatic N) is 2. The molecule has 0 atom stereocenters. The molecular weight excluding hydrogens is 281 g/mol.